The second kappa shape index (κ2) is 8.73. The molecule has 38 heavy (non-hydrogen) atoms. The molecule has 0 bridgehead atoms. The minimum atomic E-state index is -4.59. The monoisotopic (exact) mass is 537 g/mol. The third kappa shape index (κ3) is 3.77. The Kier molecular flexibility index (Phi) is 5.57. The van der Waals surface area contributed by atoms with Crippen LogP contribution in [0.4, 0.5) is 24.5 Å². The van der Waals surface area contributed by atoms with Crippen molar-refractivity contribution < 1.29 is 27.6 Å². The summed E-state index contributed by atoms with van der Waals surface area (Å²) in [4.78, 5) is 44.0. The molecule has 0 unspecified atom stereocenters. The topological polar surface area (TPSA) is 69.7 Å². The van der Waals surface area contributed by atoms with E-state index in [0.29, 0.717) is 10.7 Å². The Morgan fingerprint density at radius 3 is 2.39 bits per heavy atom. The molecule has 2 fully saturated rings. The molecule has 6 nitrogen and oxygen atoms in total. The van der Waals surface area contributed by atoms with E-state index in [9.17, 15) is 27.6 Å². The number of alkyl halides is 3. The van der Waals surface area contributed by atoms with Crippen LogP contribution >= 0.6 is 11.6 Å². The van der Waals surface area contributed by atoms with Gasteiger partial charge in [-0.3, -0.25) is 14.4 Å². The first-order valence-corrected chi connectivity index (χ1v) is 12.2. The maximum absolute atomic E-state index is 13.8. The maximum Gasteiger partial charge on any atom is 0.416 e. The van der Waals surface area contributed by atoms with Gasteiger partial charge in [0.05, 0.1) is 29.1 Å². The molecular weight excluding hydrogens is 519 g/mol. The molecule has 3 aliphatic heterocycles. The zero-order valence-corrected chi connectivity index (χ0v) is 20.3. The van der Waals surface area contributed by atoms with E-state index in [-0.39, 0.29) is 5.69 Å². The molecule has 3 aromatic carbocycles. The van der Waals surface area contributed by atoms with Crippen LogP contribution in [0.25, 0.3) is 6.08 Å². The Morgan fingerprint density at radius 1 is 0.895 bits per heavy atom. The highest BCUT2D eigenvalue weighted by Crippen LogP contribution is 2.53. The quantitative estimate of drug-likeness (QED) is 0.447. The van der Waals surface area contributed by atoms with Crippen molar-refractivity contribution in [2.24, 2.45) is 11.8 Å². The highest BCUT2D eigenvalue weighted by molar-refractivity contribution is 6.31. The maximum atomic E-state index is 13.8. The molecule has 1 N–H and O–H groups in total. The van der Waals surface area contributed by atoms with Crippen LogP contribution in [0, 0.1) is 11.8 Å². The van der Waals surface area contributed by atoms with Crippen molar-refractivity contribution in [2.45, 2.75) is 18.3 Å². The lowest BCUT2D eigenvalue weighted by Crippen LogP contribution is -2.46. The summed E-state index contributed by atoms with van der Waals surface area (Å²) in [6, 6.07) is 16.3. The van der Waals surface area contributed by atoms with Gasteiger partial charge in [-0.05, 0) is 53.6 Å². The number of imide groups is 1. The van der Waals surface area contributed by atoms with Gasteiger partial charge in [0.2, 0.25) is 17.7 Å². The number of halogens is 4. The number of amides is 3. The van der Waals surface area contributed by atoms with Crippen molar-refractivity contribution in [2.75, 3.05) is 10.2 Å². The zero-order valence-electron chi connectivity index (χ0n) is 19.5. The Morgan fingerprint density at radius 2 is 1.63 bits per heavy atom. The van der Waals surface area contributed by atoms with Crippen molar-refractivity contribution in [3.8, 4) is 0 Å². The summed E-state index contributed by atoms with van der Waals surface area (Å²) in [5.74, 6) is -3.65. The number of hydrogen-bond donors (Lipinski definition) is 1. The Bertz CT molecular complexity index is 1520. The van der Waals surface area contributed by atoms with Gasteiger partial charge in [-0.25, -0.2) is 4.90 Å². The predicted octanol–water partition coefficient (Wildman–Crippen LogP) is 5.51. The second-order valence-corrected chi connectivity index (χ2v) is 9.83. The molecule has 2 saturated heterocycles. The summed E-state index contributed by atoms with van der Waals surface area (Å²) in [6.45, 7) is 0. The highest BCUT2D eigenvalue weighted by Gasteiger charge is 2.64. The molecule has 6 rings (SSSR count). The van der Waals surface area contributed by atoms with Gasteiger partial charge in [-0.1, -0.05) is 48.0 Å². The van der Waals surface area contributed by atoms with Crippen LogP contribution in [0.1, 0.15) is 22.7 Å². The van der Waals surface area contributed by atoms with Crippen LogP contribution in [0.5, 0.6) is 0 Å². The van der Waals surface area contributed by atoms with E-state index in [1.54, 1.807) is 35.4 Å². The second-order valence-electron chi connectivity index (χ2n) is 9.39. The normalized spacial score (nSPS) is 23.8. The fourth-order valence-corrected chi connectivity index (χ4v) is 5.90. The summed E-state index contributed by atoms with van der Waals surface area (Å²) in [6.07, 6.45) is -1.12. The van der Waals surface area contributed by atoms with Gasteiger partial charge < -0.3 is 10.2 Å². The van der Waals surface area contributed by atoms with E-state index in [2.05, 4.69) is 5.32 Å². The number of benzene rings is 3. The number of carbonyl (C=O) groups excluding carboxylic acids is 3. The lowest BCUT2D eigenvalue weighted by Gasteiger charge is -2.35. The van der Waals surface area contributed by atoms with Gasteiger partial charge in [-0.2, -0.15) is 13.2 Å². The van der Waals surface area contributed by atoms with Crippen molar-refractivity contribution in [3.63, 3.8) is 0 Å². The number of hydrogen-bond acceptors (Lipinski definition) is 4. The minimum absolute atomic E-state index is 0.0605. The summed E-state index contributed by atoms with van der Waals surface area (Å²) >= 11 is 6.12. The number of carbonyl (C=O) groups is 3. The molecule has 3 amide bonds. The zero-order chi connectivity index (χ0) is 26.8. The molecule has 3 heterocycles. The van der Waals surface area contributed by atoms with E-state index in [1.165, 1.54) is 18.2 Å². The van der Waals surface area contributed by atoms with Crippen molar-refractivity contribution >= 4 is 46.8 Å². The van der Waals surface area contributed by atoms with Gasteiger partial charge in [0.25, 0.3) is 0 Å². The van der Waals surface area contributed by atoms with E-state index >= 15 is 0 Å². The van der Waals surface area contributed by atoms with Crippen molar-refractivity contribution in [1.82, 2.24) is 4.90 Å². The molecule has 10 heteroatoms. The lowest BCUT2D eigenvalue weighted by atomic mass is 9.84. The molecule has 192 valence electrons. The summed E-state index contributed by atoms with van der Waals surface area (Å²) in [5, 5.41) is 2.89. The predicted molar refractivity (Wildman–Crippen MR) is 135 cm³/mol. The standard InChI is InChI=1S/C28H19ClF3N3O3/c29-17-7-4-9-19(14-17)35-26(37)21-22(27(35)38)24(34-12-11-15-5-1-2-10-20(15)23(21)34)25(36)33-18-8-3-6-16(13-18)28(30,31)32/h1-14,21-24H,(H,33,36)/t21-,22-,23-,24+/m0/s1. The first-order chi connectivity index (χ1) is 18.1. The molecule has 0 aromatic heterocycles. The van der Waals surface area contributed by atoms with E-state index in [0.717, 1.165) is 28.2 Å². The first kappa shape index (κ1) is 24.2. The van der Waals surface area contributed by atoms with Gasteiger partial charge >= 0.3 is 6.18 Å². The molecule has 0 radical (unpaired) electrons. The third-order valence-electron chi connectivity index (χ3n) is 7.25. The van der Waals surface area contributed by atoms with Gasteiger partial charge in [0.15, 0.2) is 0 Å². The van der Waals surface area contributed by atoms with Crippen molar-refractivity contribution in [3.05, 3.63) is 101 Å². The smallest absolute Gasteiger partial charge is 0.357 e. The SMILES string of the molecule is O=C(Nc1cccc(C(F)(F)F)c1)[C@H]1[C@H]2C(=O)N(c3cccc(Cl)c3)C(=O)[C@@H]2[C@@H]2c3ccccc3C=CN12. The fraction of sp³-hybridized carbons (Fsp3) is 0.179. The highest BCUT2D eigenvalue weighted by atomic mass is 35.5. The van der Waals surface area contributed by atoms with Crippen LogP contribution < -0.4 is 10.2 Å². The van der Waals surface area contributed by atoms with Crippen LogP contribution in [-0.4, -0.2) is 28.7 Å². The molecule has 0 spiro atoms. The molecule has 0 saturated carbocycles. The first-order valence-electron chi connectivity index (χ1n) is 11.8. The minimum Gasteiger partial charge on any atom is -0.357 e. The number of nitrogens with one attached hydrogen (secondary N) is 1. The van der Waals surface area contributed by atoms with E-state index in [1.807, 2.05) is 24.3 Å². The number of rotatable bonds is 3. The lowest BCUT2D eigenvalue weighted by molar-refractivity contribution is -0.137. The van der Waals surface area contributed by atoms with E-state index < -0.39 is 53.4 Å². The van der Waals surface area contributed by atoms with Crippen LogP contribution in [0.15, 0.2) is 79.0 Å². The average molecular weight is 538 g/mol. The fourth-order valence-electron chi connectivity index (χ4n) is 5.72. The van der Waals surface area contributed by atoms with Crippen molar-refractivity contribution in [1.29, 1.82) is 0 Å². The molecule has 0 aliphatic carbocycles. The van der Waals surface area contributed by atoms with Crippen LogP contribution in [0.2, 0.25) is 5.02 Å². The molecule has 4 atom stereocenters. The van der Waals surface area contributed by atoms with Gasteiger partial charge in [0, 0.05) is 16.9 Å². The van der Waals surface area contributed by atoms with Gasteiger partial charge in [0.1, 0.15) is 6.04 Å². The van der Waals surface area contributed by atoms with Gasteiger partial charge in [-0.15, -0.1) is 0 Å². The summed E-state index contributed by atoms with van der Waals surface area (Å²) in [7, 11) is 0. The molecule has 3 aromatic rings. The summed E-state index contributed by atoms with van der Waals surface area (Å²) in [5.41, 5.74) is 0.963. The van der Waals surface area contributed by atoms with E-state index in [4.69, 9.17) is 11.6 Å². The largest absolute Gasteiger partial charge is 0.416 e. The van der Waals surface area contributed by atoms with Crippen LogP contribution in [-0.2, 0) is 20.6 Å². The van der Waals surface area contributed by atoms with Crippen LogP contribution in [0.3, 0.4) is 0 Å². The number of fused-ring (bicyclic) bond motifs is 5. The number of anilines is 2. The Hall–Kier alpha value is -4.11. The summed E-state index contributed by atoms with van der Waals surface area (Å²) < 4.78 is 39.7. The Balaban J connectivity index is 1.42. The number of nitrogens with zero attached hydrogens (tertiary/aromatic N) is 2. The Labute approximate surface area is 220 Å². The average Bonchev–Trinajstić information content (AvgIpc) is 3.36. The third-order valence-corrected chi connectivity index (χ3v) is 7.49. The molecular formula is C28H19ClF3N3O3. The molecule has 3 aliphatic rings.